The van der Waals surface area contributed by atoms with Gasteiger partial charge in [-0.15, -0.1) is 0 Å². The van der Waals surface area contributed by atoms with E-state index in [9.17, 15) is 9.90 Å². The highest BCUT2D eigenvalue weighted by molar-refractivity contribution is 5.94. The Morgan fingerprint density at radius 3 is 2.66 bits per heavy atom. The van der Waals surface area contributed by atoms with E-state index in [-0.39, 0.29) is 17.6 Å². The Balaban J connectivity index is 1.32. The second-order valence-corrected chi connectivity index (χ2v) is 9.88. The second kappa shape index (κ2) is 10.3. The number of furan rings is 1. The molecule has 1 spiro atoms. The first-order valence-electron chi connectivity index (χ1n) is 12.7. The number of amides is 1. The molecule has 35 heavy (non-hydrogen) atoms. The lowest BCUT2D eigenvalue weighted by Crippen LogP contribution is -2.52. The highest BCUT2D eigenvalue weighted by Gasteiger charge is 2.45. The van der Waals surface area contributed by atoms with Crippen molar-refractivity contribution < 1.29 is 19.1 Å². The standard InChI is InChI=1S/C29H34N2O4/c1-2-20-9-10-27-23(15-20)25(17-29(35-27)12-6-13-29)30-18-26(32)24(16-21-7-4-3-5-8-21)31-28(33)22-11-14-34-19-22/h3-5,7-11,14-15,19,24-26,30,32H,2,6,12-13,16-18H2,1H3,(H,31,33)/t24-,25?,26+/m0/s1. The van der Waals surface area contributed by atoms with Gasteiger partial charge < -0.3 is 24.9 Å². The summed E-state index contributed by atoms with van der Waals surface area (Å²) in [4.78, 5) is 12.8. The molecular formula is C29H34N2O4. The number of carbonyl (C=O) groups is 1. The molecule has 3 N–H and O–H groups in total. The average Bonchev–Trinajstić information content (AvgIpc) is 3.41. The lowest BCUT2D eigenvalue weighted by Gasteiger charge is -2.48. The number of aliphatic hydroxyl groups is 1. The van der Waals surface area contributed by atoms with Crippen LogP contribution in [0.3, 0.4) is 0 Å². The van der Waals surface area contributed by atoms with Gasteiger partial charge in [0.25, 0.3) is 5.91 Å². The van der Waals surface area contributed by atoms with Crippen LogP contribution in [0.5, 0.6) is 5.75 Å². The first-order valence-corrected chi connectivity index (χ1v) is 12.7. The molecule has 1 amide bonds. The lowest BCUT2D eigenvalue weighted by molar-refractivity contribution is -0.0382. The first kappa shape index (κ1) is 23.6. The first-order chi connectivity index (χ1) is 17.0. The van der Waals surface area contributed by atoms with Crippen molar-refractivity contribution in [3.63, 3.8) is 0 Å². The molecule has 0 saturated heterocycles. The number of fused-ring (bicyclic) bond motifs is 1. The second-order valence-electron chi connectivity index (χ2n) is 9.88. The van der Waals surface area contributed by atoms with Crippen molar-refractivity contribution in [2.75, 3.05) is 6.54 Å². The highest BCUT2D eigenvalue weighted by atomic mass is 16.5. The quantitative estimate of drug-likeness (QED) is 0.423. The number of aliphatic hydroxyl groups excluding tert-OH is 1. The van der Waals surface area contributed by atoms with E-state index in [1.807, 2.05) is 30.3 Å². The zero-order valence-corrected chi connectivity index (χ0v) is 20.2. The Hall–Kier alpha value is -3.09. The molecule has 1 aromatic heterocycles. The van der Waals surface area contributed by atoms with Crippen LogP contribution >= 0.6 is 0 Å². The minimum atomic E-state index is -0.774. The van der Waals surface area contributed by atoms with E-state index in [1.54, 1.807) is 6.07 Å². The smallest absolute Gasteiger partial charge is 0.254 e. The predicted molar refractivity (Wildman–Crippen MR) is 135 cm³/mol. The Labute approximate surface area is 206 Å². The van der Waals surface area contributed by atoms with E-state index < -0.39 is 12.1 Å². The molecule has 2 aromatic carbocycles. The molecule has 3 atom stereocenters. The monoisotopic (exact) mass is 474 g/mol. The minimum Gasteiger partial charge on any atom is -0.487 e. The maximum absolute atomic E-state index is 12.8. The Morgan fingerprint density at radius 1 is 1.14 bits per heavy atom. The number of hydrogen-bond acceptors (Lipinski definition) is 5. The van der Waals surface area contributed by atoms with Crippen molar-refractivity contribution in [3.05, 3.63) is 89.4 Å². The van der Waals surface area contributed by atoms with Gasteiger partial charge in [0.15, 0.2) is 0 Å². The van der Waals surface area contributed by atoms with Gasteiger partial charge in [0.05, 0.1) is 24.0 Å². The topological polar surface area (TPSA) is 83.7 Å². The molecule has 6 nitrogen and oxygen atoms in total. The van der Waals surface area contributed by atoms with E-state index in [1.165, 1.54) is 24.5 Å². The number of aryl methyl sites for hydroxylation is 1. The molecule has 2 aliphatic rings. The molecule has 3 aromatic rings. The van der Waals surface area contributed by atoms with E-state index >= 15 is 0 Å². The molecule has 6 heteroatoms. The summed E-state index contributed by atoms with van der Waals surface area (Å²) in [6, 6.07) is 17.7. The predicted octanol–water partition coefficient (Wildman–Crippen LogP) is 4.58. The number of rotatable bonds is 9. The van der Waals surface area contributed by atoms with Crippen LogP contribution in [0.2, 0.25) is 0 Å². The van der Waals surface area contributed by atoms with E-state index in [0.717, 1.165) is 42.6 Å². The van der Waals surface area contributed by atoms with E-state index in [4.69, 9.17) is 9.15 Å². The van der Waals surface area contributed by atoms with Gasteiger partial charge in [-0.05, 0) is 55.4 Å². The van der Waals surface area contributed by atoms with Crippen LogP contribution in [0.25, 0.3) is 0 Å². The van der Waals surface area contributed by atoms with Crippen LogP contribution in [-0.2, 0) is 12.8 Å². The normalized spacial score (nSPS) is 19.8. The molecule has 1 aliphatic heterocycles. The van der Waals surface area contributed by atoms with Gasteiger partial charge in [-0.1, -0.05) is 49.4 Å². The van der Waals surface area contributed by atoms with E-state index in [0.29, 0.717) is 18.5 Å². The SMILES string of the molecule is CCc1ccc2c(c1)C(NC[C@@H](O)[C@H](Cc1ccccc1)NC(=O)c1ccoc1)CC1(CCC1)O2. The summed E-state index contributed by atoms with van der Waals surface area (Å²) in [5.41, 5.74) is 3.85. The summed E-state index contributed by atoms with van der Waals surface area (Å²) in [6.07, 6.45) is 7.84. The van der Waals surface area contributed by atoms with Gasteiger partial charge in [0.2, 0.25) is 0 Å². The molecular weight excluding hydrogens is 440 g/mol. The molecule has 1 aliphatic carbocycles. The highest BCUT2D eigenvalue weighted by Crippen LogP contribution is 2.49. The van der Waals surface area contributed by atoms with Gasteiger partial charge >= 0.3 is 0 Å². The number of benzene rings is 2. The third-order valence-corrected chi connectivity index (χ3v) is 7.46. The van der Waals surface area contributed by atoms with Gasteiger partial charge in [-0.3, -0.25) is 4.79 Å². The van der Waals surface area contributed by atoms with Crippen molar-refractivity contribution >= 4 is 5.91 Å². The van der Waals surface area contributed by atoms with Crippen LogP contribution in [0.15, 0.2) is 71.5 Å². The van der Waals surface area contributed by atoms with E-state index in [2.05, 4.69) is 35.8 Å². The van der Waals surface area contributed by atoms with Crippen molar-refractivity contribution in [2.24, 2.45) is 0 Å². The van der Waals surface area contributed by atoms with Crippen molar-refractivity contribution in [2.45, 2.75) is 69.2 Å². The summed E-state index contributed by atoms with van der Waals surface area (Å²) in [5.74, 6) is 0.699. The molecule has 1 fully saturated rings. The number of nitrogens with one attached hydrogen (secondary N) is 2. The third-order valence-electron chi connectivity index (χ3n) is 7.46. The Morgan fingerprint density at radius 2 is 1.97 bits per heavy atom. The van der Waals surface area contributed by atoms with Crippen LogP contribution in [-0.4, -0.2) is 35.3 Å². The molecule has 184 valence electrons. The maximum Gasteiger partial charge on any atom is 0.254 e. The third kappa shape index (κ3) is 5.29. The van der Waals surface area contributed by atoms with Gasteiger partial charge in [-0.2, -0.15) is 0 Å². The molecule has 1 saturated carbocycles. The molecule has 1 unspecified atom stereocenters. The van der Waals surface area contributed by atoms with Crippen molar-refractivity contribution in [1.82, 2.24) is 10.6 Å². The Kier molecular flexibility index (Phi) is 6.93. The maximum atomic E-state index is 12.8. The van der Waals surface area contributed by atoms with Crippen LogP contribution in [0, 0.1) is 0 Å². The van der Waals surface area contributed by atoms with Gasteiger partial charge in [-0.25, -0.2) is 0 Å². The van der Waals surface area contributed by atoms with Crippen LogP contribution in [0.4, 0.5) is 0 Å². The van der Waals surface area contributed by atoms with Crippen molar-refractivity contribution in [3.8, 4) is 5.75 Å². The number of carbonyl (C=O) groups excluding carboxylic acids is 1. The summed E-state index contributed by atoms with van der Waals surface area (Å²) >= 11 is 0. The number of hydrogen-bond donors (Lipinski definition) is 3. The van der Waals surface area contributed by atoms with Crippen LogP contribution < -0.4 is 15.4 Å². The van der Waals surface area contributed by atoms with Gasteiger partial charge in [0, 0.05) is 24.6 Å². The van der Waals surface area contributed by atoms with Gasteiger partial charge in [0.1, 0.15) is 17.6 Å². The van der Waals surface area contributed by atoms with Crippen LogP contribution in [0.1, 0.15) is 65.7 Å². The lowest BCUT2D eigenvalue weighted by atomic mass is 9.72. The molecule has 2 heterocycles. The number of ether oxygens (including phenoxy) is 1. The fraction of sp³-hybridized carbons (Fsp3) is 0.414. The fourth-order valence-electron chi connectivity index (χ4n) is 5.20. The summed E-state index contributed by atoms with van der Waals surface area (Å²) in [6.45, 7) is 2.52. The minimum absolute atomic E-state index is 0.0950. The zero-order valence-electron chi connectivity index (χ0n) is 20.2. The molecule has 0 bridgehead atoms. The largest absolute Gasteiger partial charge is 0.487 e. The average molecular weight is 475 g/mol. The fourth-order valence-corrected chi connectivity index (χ4v) is 5.20. The summed E-state index contributed by atoms with van der Waals surface area (Å²) in [5, 5.41) is 17.9. The van der Waals surface area contributed by atoms with Crippen molar-refractivity contribution in [1.29, 1.82) is 0 Å². The zero-order chi connectivity index (χ0) is 24.3. The molecule has 5 rings (SSSR count). The molecule has 0 radical (unpaired) electrons. The Bertz CT molecular complexity index is 1120. The summed E-state index contributed by atoms with van der Waals surface area (Å²) < 4.78 is 11.5. The summed E-state index contributed by atoms with van der Waals surface area (Å²) in [7, 11) is 0.